The van der Waals surface area contributed by atoms with Crippen LogP contribution < -0.4 is 5.32 Å². The van der Waals surface area contributed by atoms with E-state index in [4.69, 9.17) is 0 Å². The van der Waals surface area contributed by atoms with Gasteiger partial charge in [0.25, 0.3) is 0 Å². The summed E-state index contributed by atoms with van der Waals surface area (Å²) in [5, 5.41) is 3.69. The van der Waals surface area contributed by atoms with Crippen LogP contribution in [0.4, 0.5) is 0 Å². The van der Waals surface area contributed by atoms with E-state index >= 15 is 0 Å². The first-order valence-corrected chi connectivity index (χ1v) is 16.1. The summed E-state index contributed by atoms with van der Waals surface area (Å²) in [6, 6.07) is 18.5. The largest absolute Gasteiger partial charge is 0.338 e. The highest BCUT2D eigenvalue weighted by atomic mass is 35.5. The zero-order valence-corrected chi connectivity index (χ0v) is 26.4. The van der Waals surface area contributed by atoms with Gasteiger partial charge in [-0.05, 0) is 73.9 Å². The number of amides is 1. The Morgan fingerprint density at radius 1 is 0.925 bits per heavy atom. The van der Waals surface area contributed by atoms with Gasteiger partial charge in [0.05, 0.1) is 10.3 Å². The summed E-state index contributed by atoms with van der Waals surface area (Å²) in [5.41, 5.74) is 2.19. The molecule has 1 spiro atoms. The number of hydrogen-bond donors (Lipinski definition) is 1. The molecule has 9 heteroatoms. The first kappa shape index (κ1) is 32.9. The van der Waals surface area contributed by atoms with Crippen molar-refractivity contribution in [1.29, 1.82) is 0 Å². The van der Waals surface area contributed by atoms with Crippen molar-refractivity contribution < 1.29 is 13.2 Å². The van der Waals surface area contributed by atoms with Crippen LogP contribution in [0.3, 0.4) is 0 Å². The van der Waals surface area contributed by atoms with Gasteiger partial charge in [0.1, 0.15) is 0 Å². The smallest absolute Gasteiger partial charge is 0.229 e. The van der Waals surface area contributed by atoms with Gasteiger partial charge in [-0.1, -0.05) is 56.3 Å². The van der Waals surface area contributed by atoms with E-state index in [1.165, 1.54) is 18.2 Å². The minimum absolute atomic E-state index is 0. The van der Waals surface area contributed by atoms with Crippen LogP contribution in [0.2, 0.25) is 0 Å². The molecule has 1 N–H and O–H groups in total. The Morgan fingerprint density at radius 3 is 2.15 bits per heavy atom. The molecule has 3 aliphatic heterocycles. The van der Waals surface area contributed by atoms with E-state index in [9.17, 15) is 13.2 Å². The standard InChI is InChI=1S/C31H43N3O3S.2ClH/c1-23(2)19-29(28-21-32-20-27(28)25-7-5-4-6-8-25)33-16-13-31(14-17-33)15-18-34(30(31)35)22-24-9-11-26(12-10-24)38(3,36)37;;/h4-12,23,27-29,32H,13-22H2,1-3H3;2*1H/t27-,28-,29?;;/m1../s1. The molecule has 3 heterocycles. The Balaban J connectivity index is 0.00000220. The average Bonchev–Trinajstić information content (AvgIpc) is 3.50. The van der Waals surface area contributed by atoms with Crippen LogP contribution in [0.25, 0.3) is 0 Å². The lowest BCUT2D eigenvalue weighted by Gasteiger charge is -2.45. The van der Waals surface area contributed by atoms with E-state index < -0.39 is 9.84 Å². The minimum atomic E-state index is -3.21. The van der Waals surface area contributed by atoms with Gasteiger partial charge in [0.2, 0.25) is 5.91 Å². The lowest BCUT2D eigenvalue weighted by atomic mass is 9.74. The van der Waals surface area contributed by atoms with Crippen molar-refractivity contribution in [1.82, 2.24) is 15.1 Å². The molecule has 222 valence electrons. The number of nitrogens with zero attached hydrogens (tertiary/aromatic N) is 2. The third-order valence-electron chi connectivity index (χ3n) is 9.25. The Morgan fingerprint density at radius 2 is 1.55 bits per heavy atom. The molecule has 3 saturated heterocycles. The molecule has 0 saturated carbocycles. The monoisotopic (exact) mass is 609 g/mol. The predicted octanol–water partition coefficient (Wildman–Crippen LogP) is 5.17. The maximum absolute atomic E-state index is 13.7. The van der Waals surface area contributed by atoms with Crippen LogP contribution in [0, 0.1) is 17.3 Å². The molecule has 0 aliphatic carbocycles. The van der Waals surface area contributed by atoms with E-state index in [0.717, 1.165) is 57.5 Å². The van der Waals surface area contributed by atoms with Crippen LogP contribution in [-0.2, 0) is 21.2 Å². The fourth-order valence-corrected chi connectivity index (χ4v) is 7.73. The molecule has 0 bridgehead atoms. The summed E-state index contributed by atoms with van der Waals surface area (Å²) < 4.78 is 23.6. The molecule has 3 fully saturated rings. The Bertz CT molecular complexity index is 1220. The molecular formula is C31H45Cl2N3O3S. The van der Waals surface area contributed by atoms with Crippen molar-refractivity contribution in [2.45, 2.75) is 62.9 Å². The van der Waals surface area contributed by atoms with Gasteiger partial charge in [0.15, 0.2) is 9.84 Å². The number of halogens is 2. The highest BCUT2D eigenvalue weighted by Gasteiger charge is 2.49. The van der Waals surface area contributed by atoms with E-state index in [-0.39, 0.29) is 36.1 Å². The lowest BCUT2D eigenvalue weighted by molar-refractivity contribution is -0.139. The molecule has 2 aromatic carbocycles. The predicted molar refractivity (Wildman–Crippen MR) is 166 cm³/mol. The van der Waals surface area contributed by atoms with E-state index in [1.54, 1.807) is 12.1 Å². The Kier molecular flexibility index (Phi) is 11.1. The minimum Gasteiger partial charge on any atom is -0.338 e. The van der Waals surface area contributed by atoms with Gasteiger partial charge < -0.3 is 10.2 Å². The zero-order chi connectivity index (χ0) is 26.9. The number of benzene rings is 2. The quantitative estimate of drug-likeness (QED) is 0.447. The van der Waals surface area contributed by atoms with Crippen molar-refractivity contribution in [3.63, 3.8) is 0 Å². The van der Waals surface area contributed by atoms with Gasteiger partial charge in [-0.3, -0.25) is 9.69 Å². The van der Waals surface area contributed by atoms with Crippen LogP contribution in [0.1, 0.15) is 56.6 Å². The van der Waals surface area contributed by atoms with Crippen LogP contribution in [0.5, 0.6) is 0 Å². The first-order chi connectivity index (χ1) is 18.2. The third kappa shape index (κ3) is 7.04. The maximum Gasteiger partial charge on any atom is 0.229 e. The second-order valence-electron chi connectivity index (χ2n) is 12.2. The molecule has 0 radical (unpaired) electrons. The first-order valence-electron chi connectivity index (χ1n) is 14.2. The lowest BCUT2D eigenvalue weighted by Crippen LogP contribution is -2.51. The van der Waals surface area contributed by atoms with Gasteiger partial charge in [-0.15, -0.1) is 24.8 Å². The zero-order valence-electron chi connectivity index (χ0n) is 23.9. The maximum atomic E-state index is 13.7. The fraction of sp³-hybridized carbons (Fsp3) is 0.581. The van der Waals surface area contributed by atoms with Gasteiger partial charge in [-0.25, -0.2) is 8.42 Å². The highest BCUT2D eigenvalue weighted by molar-refractivity contribution is 7.90. The van der Waals surface area contributed by atoms with Crippen LogP contribution in [0.15, 0.2) is 59.5 Å². The summed E-state index contributed by atoms with van der Waals surface area (Å²) >= 11 is 0. The molecular weight excluding hydrogens is 565 g/mol. The second-order valence-corrected chi connectivity index (χ2v) is 14.3. The summed E-state index contributed by atoms with van der Waals surface area (Å²) in [7, 11) is -3.21. The summed E-state index contributed by atoms with van der Waals surface area (Å²) in [6.45, 7) is 10.1. The van der Waals surface area contributed by atoms with Crippen molar-refractivity contribution in [2.24, 2.45) is 17.3 Å². The normalized spacial score (nSPS) is 23.7. The van der Waals surface area contributed by atoms with Gasteiger partial charge in [0, 0.05) is 44.4 Å². The van der Waals surface area contributed by atoms with Gasteiger partial charge >= 0.3 is 0 Å². The number of likely N-dealkylation sites (tertiary alicyclic amines) is 2. The Hall–Kier alpha value is -1.64. The number of hydrogen-bond acceptors (Lipinski definition) is 5. The van der Waals surface area contributed by atoms with Crippen molar-refractivity contribution in [3.05, 3.63) is 65.7 Å². The number of rotatable bonds is 8. The number of sulfone groups is 1. The van der Waals surface area contributed by atoms with E-state index in [0.29, 0.717) is 35.2 Å². The molecule has 2 aromatic rings. The van der Waals surface area contributed by atoms with Crippen molar-refractivity contribution in [3.8, 4) is 0 Å². The molecule has 40 heavy (non-hydrogen) atoms. The SMILES string of the molecule is CC(C)CC([C@@H]1CNC[C@@H]1c1ccccc1)N1CCC2(CCN(Cc3ccc(S(C)(=O)=O)cc3)C2=O)CC1.Cl.Cl. The molecule has 5 rings (SSSR count). The molecule has 3 atom stereocenters. The van der Waals surface area contributed by atoms with Crippen LogP contribution in [-0.4, -0.2) is 69.1 Å². The fourth-order valence-electron chi connectivity index (χ4n) is 7.10. The summed E-state index contributed by atoms with van der Waals surface area (Å²) in [5.74, 6) is 2.04. The van der Waals surface area contributed by atoms with Crippen LogP contribution >= 0.6 is 24.8 Å². The second kappa shape index (κ2) is 13.6. The number of nitrogens with one attached hydrogen (secondary N) is 1. The molecule has 1 amide bonds. The molecule has 1 unspecified atom stereocenters. The van der Waals surface area contributed by atoms with Gasteiger partial charge in [-0.2, -0.15) is 0 Å². The summed E-state index contributed by atoms with van der Waals surface area (Å²) in [4.78, 5) is 18.7. The van der Waals surface area contributed by atoms with E-state index in [2.05, 4.69) is 54.4 Å². The molecule has 3 aliphatic rings. The highest BCUT2D eigenvalue weighted by Crippen LogP contribution is 2.44. The number of carbonyl (C=O) groups is 1. The van der Waals surface area contributed by atoms with Crippen molar-refractivity contribution >= 4 is 40.6 Å². The Labute approximate surface area is 253 Å². The van der Waals surface area contributed by atoms with E-state index in [1.807, 2.05) is 17.0 Å². The topological polar surface area (TPSA) is 69.7 Å². The summed E-state index contributed by atoms with van der Waals surface area (Å²) in [6.07, 6.45) is 5.19. The molecule has 0 aromatic heterocycles. The van der Waals surface area contributed by atoms with Crippen molar-refractivity contribution in [2.75, 3.05) is 39.0 Å². The number of carbonyl (C=O) groups excluding carboxylic acids is 1. The number of piperidine rings is 1. The average molecular weight is 611 g/mol. The third-order valence-corrected chi connectivity index (χ3v) is 10.4. The molecule has 6 nitrogen and oxygen atoms in total.